The molecule has 0 fully saturated rings. The molecule has 1 aromatic rings. The molecular formula is C14H21NO2. The molecule has 3 nitrogen and oxygen atoms in total. The van der Waals surface area contributed by atoms with E-state index in [9.17, 15) is 4.79 Å². The number of nitrogens with zero attached hydrogens (tertiary/aromatic N) is 1. The zero-order valence-corrected chi connectivity index (χ0v) is 10.9. The van der Waals surface area contributed by atoms with E-state index in [1.165, 1.54) is 0 Å². The van der Waals surface area contributed by atoms with Crippen molar-refractivity contribution in [1.82, 2.24) is 4.98 Å². The second-order valence-corrected chi connectivity index (χ2v) is 4.75. The van der Waals surface area contributed by atoms with Crippen LogP contribution in [0.25, 0.3) is 0 Å². The molecule has 0 saturated carbocycles. The predicted octanol–water partition coefficient (Wildman–Crippen LogP) is 3.25. The van der Waals surface area contributed by atoms with Crippen molar-refractivity contribution in [2.45, 2.75) is 45.6 Å². The highest BCUT2D eigenvalue weighted by molar-refractivity contribution is 5.94. The zero-order valence-electron chi connectivity index (χ0n) is 10.9. The first-order valence-corrected chi connectivity index (χ1v) is 6.13. The molecule has 0 aliphatic rings. The molecule has 1 heterocycles. The minimum Gasteiger partial charge on any atom is -0.376 e. The number of hydrogen-bond acceptors (Lipinski definition) is 3. The van der Waals surface area contributed by atoms with Crippen LogP contribution in [0.1, 0.15) is 50.5 Å². The van der Waals surface area contributed by atoms with Crippen molar-refractivity contribution in [3.05, 3.63) is 30.1 Å². The predicted molar refractivity (Wildman–Crippen MR) is 68.1 cm³/mol. The maximum absolute atomic E-state index is 11.8. The summed E-state index contributed by atoms with van der Waals surface area (Å²) >= 11 is 0. The number of ketones is 1. The van der Waals surface area contributed by atoms with Gasteiger partial charge < -0.3 is 4.74 Å². The Labute approximate surface area is 103 Å². The second kappa shape index (κ2) is 6.50. The zero-order chi connectivity index (χ0) is 12.7. The molecule has 0 spiro atoms. The van der Waals surface area contributed by atoms with Gasteiger partial charge in [0.2, 0.25) is 0 Å². The minimum atomic E-state index is -0.236. The van der Waals surface area contributed by atoms with Gasteiger partial charge in [0.05, 0.1) is 5.60 Å². The van der Waals surface area contributed by atoms with Crippen molar-refractivity contribution in [2.75, 3.05) is 6.61 Å². The van der Waals surface area contributed by atoms with Gasteiger partial charge in [0.25, 0.3) is 0 Å². The van der Waals surface area contributed by atoms with Gasteiger partial charge in [-0.25, -0.2) is 0 Å². The van der Waals surface area contributed by atoms with Gasteiger partial charge in [-0.15, -0.1) is 0 Å². The summed E-state index contributed by atoms with van der Waals surface area (Å²) in [6.45, 7) is 6.86. The van der Waals surface area contributed by atoms with Crippen LogP contribution >= 0.6 is 0 Å². The molecule has 0 amide bonds. The van der Waals surface area contributed by atoms with Crippen molar-refractivity contribution in [1.29, 1.82) is 0 Å². The summed E-state index contributed by atoms with van der Waals surface area (Å²) < 4.78 is 5.69. The number of carbonyl (C=O) groups excluding carboxylic acids is 1. The van der Waals surface area contributed by atoms with E-state index in [1.807, 2.05) is 26.0 Å². The summed E-state index contributed by atoms with van der Waals surface area (Å²) in [4.78, 5) is 15.9. The average molecular weight is 235 g/mol. The van der Waals surface area contributed by atoms with Crippen LogP contribution in [0.15, 0.2) is 24.4 Å². The van der Waals surface area contributed by atoms with Gasteiger partial charge in [0, 0.05) is 19.2 Å². The number of hydrogen-bond donors (Lipinski definition) is 0. The third-order valence-corrected chi connectivity index (χ3v) is 2.60. The van der Waals surface area contributed by atoms with Gasteiger partial charge in [0.1, 0.15) is 5.69 Å². The molecule has 3 heteroatoms. The lowest BCUT2D eigenvalue weighted by atomic mass is 9.99. The summed E-state index contributed by atoms with van der Waals surface area (Å²) in [7, 11) is 0. The first kappa shape index (κ1) is 13.8. The Balaban J connectivity index is 2.43. The van der Waals surface area contributed by atoms with Crippen LogP contribution in [0.2, 0.25) is 0 Å². The number of carbonyl (C=O) groups is 1. The molecule has 0 aromatic carbocycles. The minimum absolute atomic E-state index is 0.0822. The molecule has 1 aromatic heterocycles. The van der Waals surface area contributed by atoms with E-state index >= 15 is 0 Å². The normalized spacial score (nSPS) is 11.5. The van der Waals surface area contributed by atoms with Gasteiger partial charge in [-0.2, -0.15) is 0 Å². The van der Waals surface area contributed by atoms with Crippen molar-refractivity contribution in [2.24, 2.45) is 0 Å². The van der Waals surface area contributed by atoms with Crippen molar-refractivity contribution in [3.8, 4) is 0 Å². The lowest BCUT2D eigenvalue weighted by molar-refractivity contribution is -0.0233. The van der Waals surface area contributed by atoms with E-state index in [0.29, 0.717) is 12.1 Å². The lowest BCUT2D eigenvalue weighted by Gasteiger charge is -2.24. The van der Waals surface area contributed by atoms with Crippen molar-refractivity contribution < 1.29 is 9.53 Å². The highest BCUT2D eigenvalue weighted by Crippen LogP contribution is 2.18. The van der Waals surface area contributed by atoms with Crippen LogP contribution in [-0.4, -0.2) is 23.0 Å². The summed E-state index contributed by atoms with van der Waals surface area (Å²) in [6.07, 6.45) is 3.85. The van der Waals surface area contributed by atoms with Crippen LogP contribution in [0.4, 0.5) is 0 Å². The number of aromatic nitrogens is 1. The molecule has 0 aliphatic carbocycles. The molecule has 0 aliphatic heterocycles. The standard InChI is InChI=1S/C14H21NO2/c1-4-11-17-14(2,3)9-8-13(16)12-7-5-6-10-15-12/h5-7,10H,4,8-9,11H2,1-3H3. The van der Waals surface area contributed by atoms with E-state index in [4.69, 9.17) is 4.74 Å². The average Bonchev–Trinajstić information content (AvgIpc) is 2.35. The molecule has 0 bridgehead atoms. The van der Waals surface area contributed by atoms with Crippen LogP contribution in [-0.2, 0) is 4.74 Å². The number of ether oxygens (including phenoxy) is 1. The third-order valence-electron chi connectivity index (χ3n) is 2.60. The van der Waals surface area contributed by atoms with Crippen molar-refractivity contribution >= 4 is 5.78 Å². The van der Waals surface area contributed by atoms with Gasteiger partial charge in [-0.05, 0) is 38.8 Å². The molecule has 0 unspecified atom stereocenters. The molecular weight excluding hydrogens is 214 g/mol. The SMILES string of the molecule is CCCOC(C)(C)CCC(=O)c1ccccn1. The molecule has 17 heavy (non-hydrogen) atoms. The maximum atomic E-state index is 11.8. The van der Waals surface area contributed by atoms with E-state index in [-0.39, 0.29) is 11.4 Å². The highest BCUT2D eigenvalue weighted by atomic mass is 16.5. The third kappa shape index (κ3) is 5.09. The van der Waals surface area contributed by atoms with Gasteiger partial charge in [-0.1, -0.05) is 13.0 Å². The smallest absolute Gasteiger partial charge is 0.181 e. The molecule has 1 rings (SSSR count). The Hall–Kier alpha value is -1.22. The summed E-state index contributed by atoms with van der Waals surface area (Å²) in [5, 5.41) is 0. The molecule has 0 atom stereocenters. The fourth-order valence-corrected chi connectivity index (χ4v) is 1.52. The molecule has 0 saturated heterocycles. The number of Topliss-reactive ketones (excluding diaryl/α,β-unsaturated/α-hetero) is 1. The summed E-state index contributed by atoms with van der Waals surface area (Å²) in [5.74, 6) is 0.0822. The van der Waals surface area contributed by atoms with Crippen molar-refractivity contribution in [3.63, 3.8) is 0 Å². The highest BCUT2D eigenvalue weighted by Gasteiger charge is 2.20. The van der Waals surface area contributed by atoms with Crippen LogP contribution in [0, 0.1) is 0 Å². The van der Waals surface area contributed by atoms with E-state index in [2.05, 4.69) is 11.9 Å². The first-order chi connectivity index (χ1) is 8.05. The first-order valence-electron chi connectivity index (χ1n) is 6.13. The number of pyridine rings is 1. The summed E-state index contributed by atoms with van der Waals surface area (Å²) in [5.41, 5.74) is 0.305. The van der Waals surface area contributed by atoms with Crippen LogP contribution < -0.4 is 0 Å². The Morgan fingerprint density at radius 2 is 2.18 bits per heavy atom. The largest absolute Gasteiger partial charge is 0.376 e. The van der Waals surface area contributed by atoms with Gasteiger partial charge >= 0.3 is 0 Å². The monoisotopic (exact) mass is 235 g/mol. The van der Waals surface area contributed by atoms with Crippen LogP contribution in [0.3, 0.4) is 0 Å². The van der Waals surface area contributed by atoms with E-state index in [0.717, 1.165) is 19.4 Å². The Morgan fingerprint density at radius 3 is 2.76 bits per heavy atom. The van der Waals surface area contributed by atoms with E-state index in [1.54, 1.807) is 12.3 Å². The fraction of sp³-hybridized carbons (Fsp3) is 0.571. The van der Waals surface area contributed by atoms with E-state index < -0.39 is 0 Å². The Kier molecular flexibility index (Phi) is 5.29. The maximum Gasteiger partial charge on any atom is 0.181 e. The van der Waals surface area contributed by atoms with Crippen LogP contribution in [0.5, 0.6) is 0 Å². The quantitative estimate of drug-likeness (QED) is 0.681. The molecule has 0 radical (unpaired) electrons. The molecule has 94 valence electrons. The molecule has 0 N–H and O–H groups in total. The number of rotatable bonds is 7. The Bertz CT molecular complexity index is 346. The summed E-state index contributed by atoms with van der Waals surface area (Å²) in [6, 6.07) is 5.40. The fourth-order valence-electron chi connectivity index (χ4n) is 1.52. The van der Waals surface area contributed by atoms with Gasteiger partial charge in [-0.3, -0.25) is 9.78 Å². The second-order valence-electron chi connectivity index (χ2n) is 4.75. The van der Waals surface area contributed by atoms with Gasteiger partial charge in [0.15, 0.2) is 5.78 Å². The topological polar surface area (TPSA) is 39.2 Å². The lowest BCUT2D eigenvalue weighted by Crippen LogP contribution is -2.26. The Morgan fingerprint density at radius 1 is 1.41 bits per heavy atom.